The highest BCUT2D eigenvalue weighted by Gasteiger charge is 2.29. The van der Waals surface area contributed by atoms with Gasteiger partial charge in [-0.1, -0.05) is 48.5 Å². The Kier molecular flexibility index (Phi) is 5.88. The first-order valence-corrected chi connectivity index (χ1v) is 8.84. The zero-order valence-corrected chi connectivity index (χ0v) is 15.6. The lowest BCUT2D eigenvalue weighted by Crippen LogP contribution is -2.38. The van der Waals surface area contributed by atoms with Crippen LogP contribution in [0.15, 0.2) is 60.7 Å². The molecule has 3 N–H and O–H groups in total. The van der Waals surface area contributed by atoms with Gasteiger partial charge in [0.1, 0.15) is 0 Å². The van der Waals surface area contributed by atoms with Crippen LogP contribution < -0.4 is 11.1 Å². The smallest absolute Gasteiger partial charge is 0.291 e. The van der Waals surface area contributed by atoms with Gasteiger partial charge in [-0.2, -0.15) is 0 Å². The third-order valence-corrected chi connectivity index (χ3v) is 4.57. The summed E-state index contributed by atoms with van der Waals surface area (Å²) in [6, 6.07) is 19.4. The molecule has 140 valence electrons. The molecule has 6 nitrogen and oxygen atoms in total. The quantitative estimate of drug-likeness (QED) is 0.685. The van der Waals surface area contributed by atoms with Gasteiger partial charge in [-0.15, -0.1) is 17.5 Å². The molecule has 0 bridgehead atoms. The fourth-order valence-corrected chi connectivity index (χ4v) is 2.91. The Bertz CT molecular complexity index is 836. The summed E-state index contributed by atoms with van der Waals surface area (Å²) < 4.78 is 1.70. The lowest BCUT2D eigenvalue weighted by Gasteiger charge is -2.09. The highest BCUT2D eigenvalue weighted by Crippen LogP contribution is 2.31. The minimum absolute atomic E-state index is 0. The number of hydrogen-bond donors (Lipinski definition) is 2. The van der Waals surface area contributed by atoms with Crippen molar-refractivity contribution in [2.24, 2.45) is 11.7 Å². The van der Waals surface area contributed by atoms with Crippen molar-refractivity contribution in [3.8, 4) is 17.1 Å². The summed E-state index contributed by atoms with van der Waals surface area (Å²) in [5.74, 6) is 1.02. The number of nitrogens with zero attached hydrogens (tertiary/aromatic N) is 3. The van der Waals surface area contributed by atoms with Crippen LogP contribution in [-0.4, -0.2) is 33.3 Å². The lowest BCUT2D eigenvalue weighted by molar-refractivity contribution is 0.0940. The molecular weight excluding hydrogens is 362 g/mol. The zero-order chi connectivity index (χ0) is 17.9. The first-order chi connectivity index (χ1) is 12.7. The van der Waals surface area contributed by atoms with Crippen LogP contribution in [-0.2, 0) is 0 Å². The van der Waals surface area contributed by atoms with Gasteiger partial charge in [-0.25, -0.2) is 9.67 Å². The number of halogens is 1. The third kappa shape index (κ3) is 4.35. The number of carbonyl (C=O) groups excluding carboxylic acids is 1. The highest BCUT2D eigenvalue weighted by atomic mass is 35.5. The van der Waals surface area contributed by atoms with E-state index in [4.69, 9.17) is 5.73 Å². The van der Waals surface area contributed by atoms with E-state index in [2.05, 4.69) is 15.4 Å². The molecule has 1 amide bonds. The van der Waals surface area contributed by atoms with E-state index in [0.29, 0.717) is 18.3 Å². The molecule has 1 aliphatic rings. The minimum Gasteiger partial charge on any atom is -0.348 e. The Hall–Kier alpha value is -2.70. The Morgan fingerprint density at radius 2 is 1.74 bits per heavy atom. The summed E-state index contributed by atoms with van der Waals surface area (Å²) in [6.45, 7) is 0.448. The number of carbonyl (C=O) groups is 1. The van der Waals surface area contributed by atoms with Gasteiger partial charge in [-0.05, 0) is 30.9 Å². The van der Waals surface area contributed by atoms with Crippen molar-refractivity contribution in [3.05, 3.63) is 66.5 Å². The molecule has 7 heteroatoms. The van der Waals surface area contributed by atoms with Gasteiger partial charge in [0.05, 0.1) is 5.69 Å². The van der Waals surface area contributed by atoms with Gasteiger partial charge < -0.3 is 11.1 Å². The molecular formula is C20H22ClN5O. The summed E-state index contributed by atoms with van der Waals surface area (Å²) in [5.41, 5.74) is 7.82. The van der Waals surface area contributed by atoms with Crippen LogP contribution >= 0.6 is 12.4 Å². The molecule has 1 fully saturated rings. The van der Waals surface area contributed by atoms with E-state index in [-0.39, 0.29) is 30.2 Å². The second-order valence-electron chi connectivity index (χ2n) is 6.58. The maximum absolute atomic E-state index is 12.5. The van der Waals surface area contributed by atoms with Crippen molar-refractivity contribution < 1.29 is 4.79 Å². The Morgan fingerprint density at radius 1 is 1.11 bits per heavy atom. The molecule has 3 aromatic rings. The van der Waals surface area contributed by atoms with E-state index in [0.717, 1.165) is 24.1 Å². The van der Waals surface area contributed by atoms with Gasteiger partial charge in [0.25, 0.3) is 5.91 Å². The first kappa shape index (κ1) is 19.1. The van der Waals surface area contributed by atoms with E-state index in [1.807, 2.05) is 60.7 Å². The third-order valence-electron chi connectivity index (χ3n) is 4.57. The Morgan fingerprint density at radius 3 is 2.37 bits per heavy atom. The van der Waals surface area contributed by atoms with Crippen molar-refractivity contribution in [3.63, 3.8) is 0 Å². The standard InChI is InChI=1S/C20H21N5O.ClH/c21-17(14-11-12-14)13-22-20(26)18-23-19(15-7-3-1-4-8-15)25(24-18)16-9-5-2-6-10-16;/h1-10,14,17H,11-13,21H2,(H,22,26);1H. The molecule has 1 saturated carbocycles. The largest absolute Gasteiger partial charge is 0.348 e. The van der Waals surface area contributed by atoms with E-state index < -0.39 is 0 Å². The van der Waals surface area contributed by atoms with Crippen LogP contribution in [0.4, 0.5) is 0 Å². The van der Waals surface area contributed by atoms with Crippen molar-refractivity contribution in [2.75, 3.05) is 6.54 Å². The molecule has 1 atom stereocenters. The number of rotatable bonds is 6. The molecule has 1 unspecified atom stereocenters. The molecule has 27 heavy (non-hydrogen) atoms. The Labute approximate surface area is 164 Å². The average molecular weight is 384 g/mol. The van der Waals surface area contributed by atoms with Gasteiger partial charge in [0.2, 0.25) is 5.82 Å². The van der Waals surface area contributed by atoms with Crippen LogP contribution in [0.1, 0.15) is 23.5 Å². The number of benzene rings is 2. The van der Waals surface area contributed by atoms with Gasteiger partial charge >= 0.3 is 0 Å². The van der Waals surface area contributed by atoms with E-state index in [9.17, 15) is 4.79 Å². The van der Waals surface area contributed by atoms with Crippen LogP contribution in [0.25, 0.3) is 17.1 Å². The monoisotopic (exact) mass is 383 g/mol. The number of para-hydroxylation sites is 1. The van der Waals surface area contributed by atoms with Crippen molar-refractivity contribution in [1.29, 1.82) is 0 Å². The molecule has 0 spiro atoms. The molecule has 0 radical (unpaired) electrons. The molecule has 0 saturated heterocycles. The molecule has 1 aromatic heterocycles. The number of nitrogens with one attached hydrogen (secondary N) is 1. The van der Waals surface area contributed by atoms with Crippen LogP contribution in [0.5, 0.6) is 0 Å². The van der Waals surface area contributed by atoms with Crippen molar-refractivity contribution in [1.82, 2.24) is 20.1 Å². The van der Waals surface area contributed by atoms with Crippen LogP contribution in [0.2, 0.25) is 0 Å². The summed E-state index contributed by atoms with van der Waals surface area (Å²) >= 11 is 0. The molecule has 1 aliphatic carbocycles. The topological polar surface area (TPSA) is 85.8 Å². The second-order valence-corrected chi connectivity index (χ2v) is 6.58. The number of hydrogen-bond acceptors (Lipinski definition) is 4. The second kappa shape index (κ2) is 8.33. The highest BCUT2D eigenvalue weighted by molar-refractivity contribution is 5.91. The van der Waals surface area contributed by atoms with E-state index >= 15 is 0 Å². The van der Waals surface area contributed by atoms with Gasteiger partial charge in [-0.3, -0.25) is 4.79 Å². The summed E-state index contributed by atoms with van der Waals surface area (Å²) in [7, 11) is 0. The molecule has 4 rings (SSSR count). The fraction of sp³-hybridized carbons (Fsp3) is 0.250. The lowest BCUT2D eigenvalue weighted by atomic mass is 10.2. The molecule has 2 aromatic carbocycles. The molecule has 0 aliphatic heterocycles. The maximum Gasteiger partial charge on any atom is 0.291 e. The number of amides is 1. The number of aromatic nitrogens is 3. The van der Waals surface area contributed by atoms with Crippen LogP contribution in [0, 0.1) is 5.92 Å². The minimum atomic E-state index is -0.298. The Balaban J connectivity index is 0.00000210. The van der Waals surface area contributed by atoms with Crippen molar-refractivity contribution in [2.45, 2.75) is 18.9 Å². The molecule has 1 heterocycles. The first-order valence-electron chi connectivity index (χ1n) is 8.84. The average Bonchev–Trinajstić information content (AvgIpc) is 3.45. The zero-order valence-electron chi connectivity index (χ0n) is 14.8. The number of nitrogens with two attached hydrogens (primary N) is 1. The summed E-state index contributed by atoms with van der Waals surface area (Å²) in [4.78, 5) is 17.0. The summed E-state index contributed by atoms with van der Waals surface area (Å²) in [5, 5.41) is 7.31. The van der Waals surface area contributed by atoms with E-state index in [1.54, 1.807) is 4.68 Å². The van der Waals surface area contributed by atoms with E-state index in [1.165, 1.54) is 0 Å². The summed E-state index contributed by atoms with van der Waals surface area (Å²) in [6.07, 6.45) is 2.30. The van der Waals surface area contributed by atoms with Gasteiger partial charge in [0.15, 0.2) is 5.82 Å². The predicted molar refractivity (Wildman–Crippen MR) is 107 cm³/mol. The fourth-order valence-electron chi connectivity index (χ4n) is 2.91. The maximum atomic E-state index is 12.5. The normalized spacial score (nSPS) is 14.3. The SMILES string of the molecule is Cl.NC(CNC(=O)c1nc(-c2ccccc2)n(-c2ccccc2)n1)C1CC1. The van der Waals surface area contributed by atoms with Crippen LogP contribution in [0.3, 0.4) is 0 Å². The predicted octanol–water partition coefficient (Wildman–Crippen LogP) is 2.82. The van der Waals surface area contributed by atoms with Gasteiger partial charge in [0, 0.05) is 18.2 Å². The van der Waals surface area contributed by atoms with Crippen molar-refractivity contribution >= 4 is 18.3 Å².